The Bertz CT molecular complexity index is 3000. The van der Waals surface area contributed by atoms with Gasteiger partial charge in [0.2, 0.25) is 59.1 Å². The first-order valence-corrected chi connectivity index (χ1v) is 24.4. The van der Waals surface area contributed by atoms with Gasteiger partial charge in [0.15, 0.2) is 16.1 Å². The number of thioether (sulfide) groups is 1. The van der Waals surface area contributed by atoms with Gasteiger partial charge in [-0.05, 0) is 99.2 Å². The second-order valence-electron chi connectivity index (χ2n) is 12.4. The number of thiol groups is 1. The first kappa shape index (κ1) is 91.0. The maximum atomic E-state index is 8.25. The monoisotopic (exact) mass is 1990 g/mol. The Hall–Kier alpha value is -1.19. The van der Waals surface area contributed by atoms with E-state index in [1.807, 2.05) is 54.8 Å². The molecule has 21 nitrogen and oxygen atoms in total. The topological polar surface area (TPSA) is 251 Å². The van der Waals surface area contributed by atoms with Crippen LogP contribution in [0.25, 0.3) is 22.6 Å². The van der Waals surface area contributed by atoms with E-state index in [4.69, 9.17) is 70.6 Å². The first-order valence-electron chi connectivity index (χ1n) is 20.2. The van der Waals surface area contributed by atoms with Crippen LogP contribution in [0.3, 0.4) is 0 Å². The minimum atomic E-state index is 0. The number of ether oxygens (including phenoxy) is 8. The Balaban J connectivity index is -0.000000216. The van der Waals surface area contributed by atoms with Crippen LogP contribution in [0, 0.1) is 46.5 Å². The van der Waals surface area contributed by atoms with Crippen molar-refractivity contribution in [1.29, 1.82) is 0 Å². The van der Waals surface area contributed by atoms with E-state index in [-0.39, 0.29) is 164 Å². The molecule has 0 aliphatic carbocycles. The molecule has 0 aliphatic rings. The number of benzene rings is 2. The van der Waals surface area contributed by atoms with E-state index in [2.05, 4.69) is 125 Å². The van der Waals surface area contributed by atoms with Crippen molar-refractivity contribution >= 4 is 105 Å². The molecule has 0 amide bonds. The molecule has 8 aromatic rings. The fraction of sp³-hybridized carbons (Fsp3) is 0.234. The molecule has 0 bridgehead atoms. The summed E-state index contributed by atoms with van der Waals surface area (Å²) in [4.78, 5) is 40.0. The van der Waals surface area contributed by atoms with Crippen LogP contribution in [0.4, 0.5) is 0 Å². The van der Waals surface area contributed by atoms with Crippen molar-refractivity contribution in [2.75, 3.05) is 70.2 Å². The van der Waals surface area contributed by atoms with Crippen molar-refractivity contribution in [3.63, 3.8) is 0 Å². The SMILES string of the molecule is C.COc1ccc(-c2oc3nc(SC)cnc3c2I)cc1.COc1ccc(C#Cc2ncc(OC)nc2OC)cc1.COc1cnc(Br)c(OC)n1.COc1cncc(OC)n1.C[O-].Clc1cncc(Cl)n1.[B]=NS.[IH2+].[Na+].[U].[V].[W].[Y]. The number of nitrogens with zero attached hydrogens (tertiary/aromatic N) is 11. The fourth-order valence-electron chi connectivity index (χ4n) is 4.76. The number of aromatic nitrogens is 10. The van der Waals surface area contributed by atoms with Crippen molar-refractivity contribution in [3.8, 4) is 69.9 Å². The van der Waals surface area contributed by atoms with Gasteiger partial charge in [0.05, 0.1) is 104 Å². The number of hydrogen-bond acceptors (Lipinski definition) is 23. The molecule has 0 atom stereocenters. The van der Waals surface area contributed by atoms with Crippen molar-refractivity contribution in [2.24, 2.45) is 4.30 Å². The minimum Gasteiger partial charge on any atom is 0 e. The number of rotatable bonds is 10. The van der Waals surface area contributed by atoms with Crippen LogP contribution in [0.1, 0.15) is 18.7 Å². The van der Waals surface area contributed by atoms with Gasteiger partial charge in [-0.2, -0.15) is 22.1 Å². The predicted molar refractivity (Wildman–Crippen MR) is 305 cm³/mol. The average Bonchev–Trinajstić information content (AvgIpc) is 3.78. The molecule has 0 aliphatic heterocycles. The van der Waals surface area contributed by atoms with E-state index in [9.17, 15) is 0 Å². The molecule has 2 aromatic carbocycles. The summed E-state index contributed by atoms with van der Waals surface area (Å²) in [6.07, 6.45) is 12.6. The Morgan fingerprint density at radius 2 is 1.10 bits per heavy atom. The standard InChI is InChI=1S/C15H14N2O3.C14H11IN2O2S.C6H7BrN2O2.C6H8N2O2.C4H2Cl2N2.CH3O.CH4.BHNS.H2I.Na.U.V.W.Y/c1-18-12-7-4-11(5-8-12)6-9-13-15(20-3)17-14(19-2)10-16-13;1-18-9-5-3-8(4-6-9)13-11(15)12-14(19-13)17-10(20-2)7-16-12;1-10-4-3-8-5(7)6(9-4)11-2;1-9-5-3-7-4-6(8-5)10-2;5-3-1-7-2-4(6)8-3;1-2;;1-2-3;;;;;;/h4-5,7-8,10H,1-3H3;3-7H,1-2H3;3H,1-2H3;3-4H,1-2H3;1-2H;1H3;1H4;3H;1H2;;;;;/q;;;;;-1;;;2*+1;;;;. The Labute approximate surface area is 628 Å². The summed E-state index contributed by atoms with van der Waals surface area (Å²) in [7, 11) is 17.5. The number of fused-ring (bicyclic) bond motifs is 1. The van der Waals surface area contributed by atoms with Crippen LogP contribution in [-0.2, 0) is 72.3 Å². The molecule has 0 N–H and O–H groups in total. The first-order chi connectivity index (χ1) is 35.8. The molecule has 0 spiro atoms. The van der Waals surface area contributed by atoms with Gasteiger partial charge in [-0.1, -0.05) is 36.5 Å². The molecule has 0 saturated carbocycles. The van der Waals surface area contributed by atoms with Gasteiger partial charge in [-0.25, -0.2) is 24.9 Å². The summed E-state index contributed by atoms with van der Waals surface area (Å²) in [5, 5.41) is 9.74. The second kappa shape index (κ2) is 54.2. The maximum absolute atomic E-state index is 8.25. The van der Waals surface area contributed by atoms with Crippen LogP contribution < -0.4 is 96.5 Å². The number of hydrogen-bond donors (Lipinski definition) is 1. The maximum Gasteiger partial charge on any atom is 1.00 e. The summed E-state index contributed by atoms with van der Waals surface area (Å²) >= 11 is 20.9. The van der Waals surface area contributed by atoms with Crippen molar-refractivity contribution in [3.05, 3.63) is 122 Å². The van der Waals surface area contributed by atoms with E-state index in [1.165, 1.54) is 79.8 Å². The molecule has 34 heteroatoms. The molecule has 0 fully saturated rings. The molecule has 0 unspecified atom stereocenters. The third kappa shape index (κ3) is 34.1. The minimum absolute atomic E-state index is 0. The van der Waals surface area contributed by atoms with Crippen LogP contribution in [-0.4, -0.2) is 128 Å². The van der Waals surface area contributed by atoms with E-state index in [0.29, 0.717) is 61.6 Å². The summed E-state index contributed by atoms with van der Waals surface area (Å²) in [6, 6.07) is 15.2. The zero-order valence-corrected chi connectivity index (χ0v) is 67.3. The van der Waals surface area contributed by atoms with Gasteiger partial charge in [0.25, 0.3) is 5.88 Å². The third-order valence-electron chi connectivity index (χ3n) is 8.09. The smallest absolute Gasteiger partial charge is 0 e. The molecule has 81 heavy (non-hydrogen) atoms. The normalized spacial score (nSPS) is 8.53. The molecule has 0 saturated heterocycles. The summed E-state index contributed by atoms with van der Waals surface area (Å²) < 4.78 is 49.8. The zero-order chi connectivity index (χ0) is 54.8. The Morgan fingerprint density at radius 3 is 1.53 bits per heavy atom. The van der Waals surface area contributed by atoms with Crippen molar-refractivity contribution in [2.45, 2.75) is 12.5 Å². The summed E-state index contributed by atoms with van der Waals surface area (Å²) in [5.41, 5.74) is 3.68. The fourth-order valence-corrected chi connectivity index (χ4v) is 6.58. The van der Waals surface area contributed by atoms with Gasteiger partial charge in [-0.15, -0.1) is 11.8 Å². The van der Waals surface area contributed by atoms with Crippen LogP contribution in [0.15, 0.2) is 110 Å². The van der Waals surface area contributed by atoms with Gasteiger partial charge in [-0.3, -0.25) is 9.97 Å². The van der Waals surface area contributed by atoms with E-state index in [1.54, 1.807) is 32.2 Å². The molecular formula is C47H52BBrCl2I2N11NaO10S2UVWY+. The Morgan fingerprint density at radius 1 is 0.654 bits per heavy atom. The second-order valence-corrected chi connectivity index (χ2v) is 16.0. The van der Waals surface area contributed by atoms with Crippen molar-refractivity contribution in [1.82, 2.24) is 49.8 Å². The third-order valence-corrected chi connectivity index (χ3v) is 10.6. The number of halogens is 5. The number of furan rings is 1. The molecule has 6 aromatic heterocycles. The quantitative estimate of drug-likeness (QED) is 0.0679. The largest absolute Gasteiger partial charge is 1.00 e. The van der Waals surface area contributed by atoms with E-state index < -0.39 is 0 Å². The van der Waals surface area contributed by atoms with Gasteiger partial charge >= 0.3 is 54.3 Å². The van der Waals surface area contributed by atoms with Crippen LogP contribution in [0.5, 0.6) is 46.8 Å². The van der Waals surface area contributed by atoms with Crippen LogP contribution >= 0.6 is 86.3 Å². The molecule has 3 radical (unpaired) electrons. The molecule has 6 heterocycles. The molecular weight excluding hydrogens is 1940 g/mol. The molecule has 8 rings (SSSR count). The van der Waals surface area contributed by atoms with E-state index >= 15 is 0 Å². The summed E-state index contributed by atoms with van der Waals surface area (Å²) in [5.74, 6) is 10.8. The van der Waals surface area contributed by atoms with Crippen LogP contribution in [0.2, 0.25) is 10.3 Å². The molecule has 423 valence electrons. The number of methoxy groups -OCH3 is 8. The van der Waals surface area contributed by atoms with Gasteiger partial charge in [0, 0.05) is 115 Å². The van der Waals surface area contributed by atoms with Gasteiger partial charge < -0.3 is 47.4 Å². The zero-order valence-electron chi connectivity index (χ0n) is 44.5. The predicted octanol–water partition coefficient (Wildman–Crippen LogP) is 2.92. The Kier molecular flexibility index (Phi) is 60.9. The van der Waals surface area contributed by atoms with Gasteiger partial charge in [0.1, 0.15) is 32.3 Å². The van der Waals surface area contributed by atoms with E-state index in [0.717, 1.165) is 49.6 Å². The summed E-state index contributed by atoms with van der Waals surface area (Å²) in [6.45, 7) is 0. The average molecular weight is 2000 g/mol. The van der Waals surface area contributed by atoms with Crippen molar-refractivity contribution < 1.29 is 204 Å².